The molecular weight excluding hydrogens is 257 g/mol. The predicted octanol–water partition coefficient (Wildman–Crippen LogP) is 3.00. The Morgan fingerprint density at radius 3 is 2.63 bits per heavy atom. The molecule has 6 heteroatoms. The minimum atomic E-state index is -4.49. The number of para-hydroxylation sites is 1. The Kier molecular flexibility index (Phi) is 3.42. The van der Waals surface area contributed by atoms with Gasteiger partial charge in [0.2, 0.25) is 0 Å². The number of pyridine rings is 1. The molecule has 1 aromatic heterocycles. The topological polar surface area (TPSA) is 42.0 Å². The van der Waals surface area contributed by atoms with Crippen molar-refractivity contribution in [3.63, 3.8) is 0 Å². The molecule has 0 unspecified atom stereocenters. The normalized spacial score (nSPS) is 11.6. The van der Waals surface area contributed by atoms with Crippen LogP contribution in [0.4, 0.5) is 13.2 Å². The summed E-state index contributed by atoms with van der Waals surface area (Å²) in [4.78, 5) is 15.4. The van der Waals surface area contributed by atoms with Crippen molar-refractivity contribution in [3.05, 3.63) is 41.6 Å². The molecule has 19 heavy (non-hydrogen) atoms. The van der Waals surface area contributed by atoms with Gasteiger partial charge in [0.25, 0.3) is 5.91 Å². The van der Waals surface area contributed by atoms with E-state index in [1.807, 2.05) is 0 Å². The van der Waals surface area contributed by atoms with Crippen molar-refractivity contribution < 1.29 is 18.0 Å². The van der Waals surface area contributed by atoms with Crippen LogP contribution in [0.5, 0.6) is 0 Å². The fourth-order valence-electron chi connectivity index (χ4n) is 1.75. The SMILES string of the molecule is CCNC(=O)c1ccc2cccc(C(F)(F)F)c2n1. The van der Waals surface area contributed by atoms with E-state index in [0.29, 0.717) is 11.9 Å². The van der Waals surface area contributed by atoms with Crippen molar-refractivity contribution in [2.75, 3.05) is 6.54 Å². The fraction of sp³-hybridized carbons (Fsp3) is 0.231. The molecule has 0 bridgehead atoms. The molecule has 2 aromatic rings. The maximum absolute atomic E-state index is 12.9. The van der Waals surface area contributed by atoms with Crippen LogP contribution in [0.15, 0.2) is 30.3 Å². The first-order valence-electron chi connectivity index (χ1n) is 5.68. The Balaban J connectivity index is 2.60. The summed E-state index contributed by atoms with van der Waals surface area (Å²) in [5.74, 6) is -0.485. The van der Waals surface area contributed by atoms with Crippen LogP contribution in [-0.4, -0.2) is 17.4 Å². The number of hydrogen-bond acceptors (Lipinski definition) is 2. The summed E-state index contributed by atoms with van der Waals surface area (Å²) in [6, 6.07) is 6.67. The number of carbonyl (C=O) groups is 1. The zero-order valence-corrected chi connectivity index (χ0v) is 10.1. The molecule has 0 radical (unpaired) electrons. The van der Waals surface area contributed by atoms with Gasteiger partial charge in [-0.2, -0.15) is 13.2 Å². The van der Waals surface area contributed by atoms with Crippen LogP contribution in [0.1, 0.15) is 23.0 Å². The van der Waals surface area contributed by atoms with Crippen molar-refractivity contribution in [2.24, 2.45) is 0 Å². The zero-order chi connectivity index (χ0) is 14.0. The Hall–Kier alpha value is -2.11. The van der Waals surface area contributed by atoms with Crippen LogP contribution in [0.3, 0.4) is 0 Å². The van der Waals surface area contributed by atoms with Crippen LogP contribution >= 0.6 is 0 Å². The van der Waals surface area contributed by atoms with Gasteiger partial charge < -0.3 is 5.32 Å². The third-order valence-corrected chi connectivity index (χ3v) is 2.60. The quantitative estimate of drug-likeness (QED) is 0.909. The molecule has 0 aliphatic carbocycles. The van der Waals surface area contributed by atoms with Gasteiger partial charge in [0, 0.05) is 11.9 Å². The Bertz CT molecular complexity index is 623. The molecule has 0 saturated heterocycles. The van der Waals surface area contributed by atoms with E-state index in [-0.39, 0.29) is 11.2 Å². The summed E-state index contributed by atoms with van der Waals surface area (Å²) in [5.41, 5.74) is -1.07. The van der Waals surface area contributed by atoms with Crippen LogP contribution in [0, 0.1) is 0 Å². The smallest absolute Gasteiger partial charge is 0.351 e. The molecule has 1 N–H and O–H groups in total. The number of alkyl halides is 3. The maximum atomic E-state index is 12.9. The van der Waals surface area contributed by atoms with Gasteiger partial charge in [-0.1, -0.05) is 18.2 Å². The van der Waals surface area contributed by atoms with E-state index in [1.54, 1.807) is 6.92 Å². The second-order valence-electron chi connectivity index (χ2n) is 3.93. The number of benzene rings is 1. The van der Waals surface area contributed by atoms with E-state index in [1.165, 1.54) is 24.3 Å². The molecule has 0 aliphatic heterocycles. The molecule has 2 rings (SSSR count). The largest absolute Gasteiger partial charge is 0.418 e. The number of hydrogen-bond donors (Lipinski definition) is 1. The lowest BCUT2D eigenvalue weighted by molar-refractivity contribution is -0.136. The average Bonchev–Trinajstić information content (AvgIpc) is 2.36. The monoisotopic (exact) mass is 268 g/mol. The number of fused-ring (bicyclic) bond motifs is 1. The molecule has 100 valence electrons. The highest BCUT2D eigenvalue weighted by molar-refractivity contribution is 5.95. The highest BCUT2D eigenvalue weighted by Crippen LogP contribution is 2.33. The highest BCUT2D eigenvalue weighted by atomic mass is 19.4. The molecular formula is C13H11F3N2O. The minimum absolute atomic E-state index is 0.0222. The van der Waals surface area contributed by atoms with Crippen LogP contribution in [0.25, 0.3) is 10.9 Å². The number of halogens is 3. The molecule has 0 saturated carbocycles. The summed E-state index contributed by atoms with van der Waals surface area (Å²) in [6.45, 7) is 2.11. The van der Waals surface area contributed by atoms with Crippen molar-refractivity contribution in [3.8, 4) is 0 Å². The van der Waals surface area contributed by atoms with Gasteiger partial charge in [-0.05, 0) is 19.1 Å². The van der Waals surface area contributed by atoms with Crippen LogP contribution in [0.2, 0.25) is 0 Å². The van der Waals surface area contributed by atoms with E-state index >= 15 is 0 Å². The molecule has 1 heterocycles. The summed E-state index contributed by atoms with van der Waals surface area (Å²) < 4.78 is 38.6. The standard InChI is InChI=1S/C13H11F3N2O/c1-2-17-12(19)10-7-6-8-4-3-5-9(11(8)18-10)13(14,15)16/h3-7H,2H2,1H3,(H,17,19). The fourth-order valence-corrected chi connectivity index (χ4v) is 1.75. The van der Waals surface area contributed by atoms with Gasteiger partial charge in [-0.3, -0.25) is 4.79 Å². The average molecular weight is 268 g/mol. The molecule has 0 atom stereocenters. The number of carbonyl (C=O) groups excluding carboxylic acids is 1. The second-order valence-corrected chi connectivity index (χ2v) is 3.93. The number of nitrogens with zero attached hydrogens (tertiary/aromatic N) is 1. The van der Waals surface area contributed by atoms with E-state index in [2.05, 4.69) is 10.3 Å². The highest BCUT2D eigenvalue weighted by Gasteiger charge is 2.33. The van der Waals surface area contributed by atoms with Gasteiger partial charge >= 0.3 is 6.18 Å². The van der Waals surface area contributed by atoms with Gasteiger partial charge in [-0.15, -0.1) is 0 Å². The first-order valence-corrected chi connectivity index (χ1v) is 5.68. The maximum Gasteiger partial charge on any atom is 0.418 e. The summed E-state index contributed by atoms with van der Waals surface area (Å²) in [6.07, 6.45) is -4.49. The van der Waals surface area contributed by atoms with E-state index in [0.717, 1.165) is 6.07 Å². The van der Waals surface area contributed by atoms with Gasteiger partial charge in [0.05, 0.1) is 11.1 Å². The molecule has 3 nitrogen and oxygen atoms in total. The van der Waals surface area contributed by atoms with Crippen LogP contribution in [-0.2, 0) is 6.18 Å². The van der Waals surface area contributed by atoms with Crippen molar-refractivity contribution in [2.45, 2.75) is 13.1 Å². The molecule has 0 aliphatic rings. The van der Waals surface area contributed by atoms with Crippen LogP contribution < -0.4 is 5.32 Å². The van der Waals surface area contributed by atoms with Gasteiger partial charge in [0.1, 0.15) is 5.69 Å². The lowest BCUT2D eigenvalue weighted by atomic mass is 10.1. The number of amides is 1. The van der Waals surface area contributed by atoms with Crippen molar-refractivity contribution >= 4 is 16.8 Å². The summed E-state index contributed by atoms with van der Waals surface area (Å²) in [7, 11) is 0. The Morgan fingerprint density at radius 1 is 1.26 bits per heavy atom. The summed E-state index contributed by atoms with van der Waals surface area (Å²) in [5, 5.41) is 2.85. The lowest BCUT2D eigenvalue weighted by Gasteiger charge is -2.10. The summed E-state index contributed by atoms with van der Waals surface area (Å²) >= 11 is 0. The number of aromatic nitrogens is 1. The van der Waals surface area contributed by atoms with E-state index in [9.17, 15) is 18.0 Å². The number of rotatable bonds is 2. The zero-order valence-electron chi connectivity index (χ0n) is 10.1. The first kappa shape index (κ1) is 13.3. The molecule has 0 spiro atoms. The minimum Gasteiger partial charge on any atom is -0.351 e. The Morgan fingerprint density at radius 2 is 2.00 bits per heavy atom. The lowest BCUT2D eigenvalue weighted by Crippen LogP contribution is -2.23. The molecule has 0 fully saturated rings. The van der Waals surface area contributed by atoms with Crippen molar-refractivity contribution in [1.82, 2.24) is 10.3 Å². The van der Waals surface area contributed by atoms with Gasteiger partial charge in [-0.25, -0.2) is 4.98 Å². The number of nitrogens with one attached hydrogen (secondary N) is 1. The van der Waals surface area contributed by atoms with E-state index in [4.69, 9.17) is 0 Å². The van der Waals surface area contributed by atoms with Crippen molar-refractivity contribution in [1.29, 1.82) is 0 Å². The third-order valence-electron chi connectivity index (χ3n) is 2.60. The third kappa shape index (κ3) is 2.67. The second kappa shape index (κ2) is 4.87. The van der Waals surface area contributed by atoms with E-state index < -0.39 is 17.6 Å². The van der Waals surface area contributed by atoms with Gasteiger partial charge in [0.15, 0.2) is 0 Å². The molecule has 1 amide bonds. The Labute approximate surface area is 107 Å². The predicted molar refractivity (Wildman–Crippen MR) is 64.8 cm³/mol. The molecule has 1 aromatic carbocycles. The first-order chi connectivity index (χ1) is 8.93.